The van der Waals surface area contributed by atoms with Gasteiger partial charge in [0, 0.05) is 11.8 Å². The van der Waals surface area contributed by atoms with Crippen LogP contribution in [0.1, 0.15) is 23.0 Å². The van der Waals surface area contributed by atoms with Crippen molar-refractivity contribution in [3.05, 3.63) is 60.0 Å². The molecule has 1 aromatic carbocycles. The van der Waals surface area contributed by atoms with Gasteiger partial charge in [0.15, 0.2) is 11.5 Å². The van der Waals surface area contributed by atoms with E-state index < -0.39 is 5.91 Å². The monoisotopic (exact) mass is 309 g/mol. The fraction of sp³-hybridized carbons (Fsp3) is 0.0625. The summed E-state index contributed by atoms with van der Waals surface area (Å²) in [5.41, 5.74) is 11.2. The molecule has 2 heterocycles. The topological polar surface area (TPSA) is 109 Å². The summed E-state index contributed by atoms with van der Waals surface area (Å²) in [6.07, 6.45) is 1.55. The fourth-order valence-electron chi connectivity index (χ4n) is 1.98. The molecule has 3 aromatic rings. The van der Waals surface area contributed by atoms with Crippen LogP contribution in [0.25, 0.3) is 11.5 Å². The van der Waals surface area contributed by atoms with Gasteiger partial charge in [-0.2, -0.15) is 10.2 Å². The van der Waals surface area contributed by atoms with Crippen molar-refractivity contribution < 1.29 is 9.21 Å². The predicted octanol–water partition coefficient (Wildman–Crippen LogP) is 2.41. The lowest BCUT2D eigenvalue weighted by molar-refractivity contribution is 0.0950. The standard InChI is InChI=1S/C16H15N5O2/c1-10(11-4-6-12(17)7-5-11)18-21-16(22)14-9-13(19-20-14)15-3-2-8-23-15/h2-9H,17H2,1H3,(H,19,20)(H,21,22)/b18-10+. The first kappa shape index (κ1) is 14.6. The number of amides is 1. The van der Waals surface area contributed by atoms with Crippen molar-refractivity contribution in [3.8, 4) is 11.5 Å². The first-order valence-electron chi connectivity index (χ1n) is 6.93. The van der Waals surface area contributed by atoms with E-state index in [1.807, 2.05) is 12.1 Å². The van der Waals surface area contributed by atoms with Crippen LogP contribution in [0.3, 0.4) is 0 Å². The maximum Gasteiger partial charge on any atom is 0.291 e. The van der Waals surface area contributed by atoms with Gasteiger partial charge < -0.3 is 10.2 Å². The molecule has 0 radical (unpaired) electrons. The molecule has 0 bridgehead atoms. The van der Waals surface area contributed by atoms with Crippen LogP contribution in [-0.4, -0.2) is 21.8 Å². The number of hydrazone groups is 1. The number of nitrogen functional groups attached to an aromatic ring is 1. The number of carbonyl (C=O) groups excluding carboxylic acids is 1. The highest BCUT2D eigenvalue weighted by Gasteiger charge is 2.12. The van der Waals surface area contributed by atoms with Crippen LogP contribution in [0.4, 0.5) is 5.69 Å². The molecule has 0 atom stereocenters. The van der Waals surface area contributed by atoms with Crippen LogP contribution in [0.15, 0.2) is 58.2 Å². The number of benzene rings is 1. The number of aromatic nitrogens is 2. The molecule has 116 valence electrons. The lowest BCUT2D eigenvalue weighted by atomic mass is 10.1. The van der Waals surface area contributed by atoms with Crippen molar-refractivity contribution in [2.45, 2.75) is 6.92 Å². The molecule has 0 saturated carbocycles. The summed E-state index contributed by atoms with van der Waals surface area (Å²) in [7, 11) is 0. The van der Waals surface area contributed by atoms with E-state index in [1.54, 1.807) is 43.5 Å². The van der Waals surface area contributed by atoms with Crippen LogP contribution < -0.4 is 11.2 Å². The van der Waals surface area contributed by atoms with Gasteiger partial charge in [0.25, 0.3) is 5.91 Å². The summed E-state index contributed by atoms with van der Waals surface area (Å²) in [5.74, 6) is 0.201. The molecular formula is C16H15N5O2. The van der Waals surface area contributed by atoms with Crippen LogP contribution in [0.2, 0.25) is 0 Å². The maximum atomic E-state index is 12.1. The van der Waals surface area contributed by atoms with E-state index in [-0.39, 0.29) is 5.69 Å². The molecule has 3 rings (SSSR count). The quantitative estimate of drug-likeness (QED) is 0.390. The van der Waals surface area contributed by atoms with Gasteiger partial charge in [-0.05, 0) is 36.8 Å². The molecule has 7 nitrogen and oxygen atoms in total. The van der Waals surface area contributed by atoms with Crippen molar-refractivity contribution in [2.75, 3.05) is 5.73 Å². The minimum atomic E-state index is -0.408. The highest BCUT2D eigenvalue weighted by Crippen LogP contribution is 2.17. The summed E-state index contributed by atoms with van der Waals surface area (Å²) < 4.78 is 5.24. The number of carbonyl (C=O) groups is 1. The largest absolute Gasteiger partial charge is 0.463 e. The van der Waals surface area contributed by atoms with E-state index in [1.165, 1.54) is 0 Å². The van der Waals surface area contributed by atoms with Gasteiger partial charge in [0.2, 0.25) is 0 Å². The second-order valence-electron chi connectivity index (χ2n) is 4.90. The molecule has 1 amide bonds. The van der Waals surface area contributed by atoms with Gasteiger partial charge in [-0.15, -0.1) is 0 Å². The Morgan fingerprint density at radius 1 is 1.30 bits per heavy atom. The van der Waals surface area contributed by atoms with Crippen molar-refractivity contribution in [1.29, 1.82) is 0 Å². The van der Waals surface area contributed by atoms with Crippen LogP contribution in [-0.2, 0) is 0 Å². The third kappa shape index (κ3) is 3.29. The number of nitrogens with two attached hydrogens (primary N) is 1. The molecule has 4 N–H and O–H groups in total. The number of anilines is 1. The number of nitrogens with one attached hydrogen (secondary N) is 2. The molecule has 7 heteroatoms. The Labute approximate surface area is 132 Å². The second-order valence-corrected chi connectivity index (χ2v) is 4.90. The Morgan fingerprint density at radius 2 is 2.09 bits per heavy atom. The number of furan rings is 1. The zero-order chi connectivity index (χ0) is 16.2. The number of aromatic amines is 1. The van der Waals surface area contributed by atoms with Gasteiger partial charge in [-0.25, -0.2) is 5.43 Å². The molecule has 0 aliphatic heterocycles. The SMILES string of the molecule is C/C(=N\NC(=O)c1cc(-c2ccco2)[nH]n1)c1ccc(N)cc1. The summed E-state index contributed by atoms with van der Waals surface area (Å²) in [6.45, 7) is 1.80. The number of hydrogen-bond acceptors (Lipinski definition) is 5. The zero-order valence-electron chi connectivity index (χ0n) is 12.4. The van der Waals surface area contributed by atoms with Crippen LogP contribution in [0, 0.1) is 0 Å². The third-order valence-electron chi connectivity index (χ3n) is 3.25. The Morgan fingerprint density at radius 3 is 2.78 bits per heavy atom. The lowest BCUT2D eigenvalue weighted by Crippen LogP contribution is -2.19. The predicted molar refractivity (Wildman–Crippen MR) is 86.8 cm³/mol. The van der Waals surface area contributed by atoms with Gasteiger partial charge in [0.1, 0.15) is 5.69 Å². The average molecular weight is 309 g/mol. The summed E-state index contributed by atoms with van der Waals surface area (Å²) in [6, 6.07) is 12.4. The van der Waals surface area contributed by atoms with Crippen molar-refractivity contribution in [3.63, 3.8) is 0 Å². The van der Waals surface area contributed by atoms with Gasteiger partial charge in [-0.1, -0.05) is 12.1 Å². The summed E-state index contributed by atoms with van der Waals surface area (Å²) >= 11 is 0. The minimum Gasteiger partial charge on any atom is -0.463 e. The minimum absolute atomic E-state index is 0.227. The van der Waals surface area contributed by atoms with Crippen LogP contribution >= 0.6 is 0 Å². The molecule has 0 saturated heterocycles. The Bertz CT molecular complexity index is 832. The van der Waals surface area contributed by atoms with E-state index in [9.17, 15) is 4.79 Å². The number of hydrogen-bond donors (Lipinski definition) is 3. The molecular weight excluding hydrogens is 294 g/mol. The van der Waals surface area contributed by atoms with E-state index in [0.29, 0.717) is 22.9 Å². The van der Waals surface area contributed by atoms with E-state index in [0.717, 1.165) is 5.56 Å². The molecule has 23 heavy (non-hydrogen) atoms. The highest BCUT2D eigenvalue weighted by atomic mass is 16.3. The number of H-pyrrole nitrogens is 1. The molecule has 0 aliphatic rings. The summed E-state index contributed by atoms with van der Waals surface area (Å²) in [5, 5.41) is 10.8. The maximum absolute atomic E-state index is 12.1. The highest BCUT2D eigenvalue weighted by molar-refractivity contribution is 6.00. The number of rotatable bonds is 4. The molecule has 0 aliphatic carbocycles. The Hall–Kier alpha value is -3.35. The zero-order valence-corrected chi connectivity index (χ0v) is 12.4. The second kappa shape index (κ2) is 6.18. The van der Waals surface area contributed by atoms with Gasteiger partial charge in [0.05, 0.1) is 12.0 Å². The molecule has 2 aromatic heterocycles. The van der Waals surface area contributed by atoms with E-state index in [4.69, 9.17) is 10.2 Å². The Balaban J connectivity index is 1.69. The molecule has 0 spiro atoms. The average Bonchev–Trinajstić information content (AvgIpc) is 3.23. The first-order chi connectivity index (χ1) is 11.1. The van der Waals surface area contributed by atoms with Gasteiger partial charge in [-0.3, -0.25) is 9.89 Å². The smallest absolute Gasteiger partial charge is 0.291 e. The van der Waals surface area contributed by atoms with Crippen LogP contribution in [0.5, 0.6) is 0 Å². The Kier molecular flexibility index (Phi) is 3.92. The first-order valence-corrected chi connectivity index (χ1v) is 6.93. The van der Waals surface area contributed by atoms with Gasteiger partial charge >= 0.3 is 0 Å². The fourth-order valence-corrected chi connectivity index (χ4v) is 1.98. The van der Waals surface area contributed by atoms with Crippen molar-refractivity contribution >= 4 is 17.3 Å². The third-order valence-corrected chi connectivity index (χ3v) is 3.25. The van der Waals surface area contributed by atoms with Crippen molar-refractivity contribution in [1.82, 2.24) is 15.6 Å². The van der Waals surface area contributed by atoms with Crippen molar-refractivity contribution in [2.24, 2.45) is 5.10 Å². The molecule has 0 unspecified atom stereocenters. The summed E-state index contributed by atoms with van der Waals surface area (Å²) in [4.78, 5) is 12.1. The molecule has 0 fully saturated rings. The number of nitrogens with zero attached hydrogens (tertiary/aromatic N) is 2. The van der Waals surface area contributed by atoms with E-state index >= 15 is 0 Å². The van der Waals surface area contributed by atoms with E-state index in [2.05, 4.69) is 20.7 Å². The lowest BCUT2D eigenvalue weighted by Gasteiger charge is -2.02. The normalized spacial score (nSPS) is 11.4.